The second kappa shape index (κ2) is 5.70. The van der Waals surface area contributed by atoms with E-state index in [1.165, 1.54) is 18.2 Å². The maximum absolute atomic E-state index is 10.8. The number of rotatable bonds is 3. The Balaban J connectivity index is 2.28. The number of ether oxygens (including phenoxy) is 1. The molecule has 0 saturated heterocycles. The molecule has 0 saturated carbocycles. The molecule has 19 heavy (non-hydrogen) atoms. The van der Waals surface area contributed by atoms with Gasteiger partial charge < -0.3 is 9.84 Å². The number of aromatic carboxylic acids is 1. The quantitative estimate of drug-likeness (QED) is 0.853. The molecule has 0 unspecified atom stereocenters. The van der Waals surface area contributed by atoms with Gasteiger partial charge in [0.1, 0.15) is 11.5 Å². The molecular formula is C13H7Cl3O3. The van der Waals surface area contributed by atoms with Gasteiger partial charge in [0.05, 0.1) is 20.6 Å². The van der Waals surface area contributed by atoms with E-state index in [-0.39, 0.29) is 10.6 Å². The van der Waals surface area contributed by atoms with E-state index in [0.717, 1.165) is 0 Å². The van der Waals surface area contributed by atoms with Gasteiger partial charge in [0.2, 0.25) is 0 Å². The molecule has 0 amide bonds. The summed E-state index contributed by atoms with van der Waals surface area (Å²) in [7, 11) is 0. The molecule has 2 aromatic carbocycles. The van der Waals surface area contributed by atoms with Gasteiger partial charge in [0, 0.05) is 6.07 Å². The minimum absolute atomic E-state index is 0.0893. The van der Waals surface area contributed by atoms with Crippen molar-refractivity contribution in [3.8, 4) is 11.5 Å². The fraction of sp³-hybridized carbons (Fsp3) is 0. The van der Waals surface area contributed by atoms with Crippen LogP contribution in [0.4, 0.5) is 0 Å². The largest absolute Gasteiger partial charge is 0.478 e. The number of benzene rings is 2. The zero-order chi connectivity index (χ0) is 14.0. The van der Waals surface area contributed by atoms with E-state index < -0.39 is 5.97 Å². The highest BCUT2D eigenvalue weighted by atomic mass is 35.5. The third-order valence-corrected chi connectivity index (χ3v) is 3.33. The summed E-state index contributed by atoms with van der Waals surface area (Å²) in [6, 6.07) is 8.98. The fourth-order valence-corrected chi connectivity index (χ4v) is 1.89. The number of carboxylic acid groups (broad SMARTS) is 1. The molecule has 0 radical (unpaired) electrons. The Hall–Kier alpha value is -1.42. The number of hydrogen-bond acceptors (Lipinski definition) is 2. The molecule has 0 aliphatic rings. The van der Waals surface area contributed by atoms with Crippen molar-refractivity contribution in [3.63, 3.8) is 0 Å². The summed E-state index contributed by atoms with van der Waals surface area (Å²) < 4.78 is 5.51. The van der Waals surface area contributed by atoms with Crippen LogP contribution in [-0.4, -0.2) is 11.1 Å². The predicted octanol–water partition coefficient (Wildman–Crippen LogP) is 5.14. The van der Waals surface area contributed by atoms with E-state index >= 15 is 0 Å². The molecule has 0 aliphatic heterocycles. The maximum Gasteiger partial charge on any atom is 0.335 e. The molecule has 3 nitrogen and oxygen atoms in total. The van der Waals surface area contributed by atoms with Gasteiger partial charge in [-0.3, -0.25) is 0 Å². The van der Waals surface area contributed by atoms with Crippen molar-refractivity contribution >= 4 is 40.8 Å². The summed E-state index contributed by atoms with van der Waals surface area (Å²) in [5.74, 6) is -0.257. The van der Waals surface area contributed by atoms with Gasteiger partial charge in [-0.1, -0.05) is 34.8 Å². The van der Waals surface area contributed by atoms with Crippen molar-refractivity contribution in [2.75, 3.05) is 0 Å². The zero-order valence-corrected chi connectivity index (χ0v) is 11.6. The van der Waals surface area contributed by atoms with E-state index in [2.05, 4.69) is 0 Å². The highest BCUT2D eigenvalue weighted by molar-refractivity contribution is 6.42. The van der Waals surface area contributed by atoms with Crippen LogP contribution in [0.2, 0.25) is 15.1 Å². The van der Waals surface area contributed by atoms with Crippen molar-refractivity contribution in [1.82, 2.24) is 0 Å². The molecule has 0 spiro atoms. The van der Waals surface area contributed by atoms with Crippen LogP contribution in [0.5, 0.6) is 11.5 Å². The van der Waals surface area contributed by atoms with Crippen molar-refractivity contribution in [3.05, 3.63) is 57.0 Å². The van der Waals surface area contributed by atoms with Crippen molar-refractivity contribution < 1.29 is 14.6 Å². The molecule has 0 bridgehead atoms. The highest BCUT2D eigenvalue weighted by Gasteiger charge is 2.09. The van der Waals surface area contributed by atoms with Crippen LogP contribution in [0.1, 0.15) is 10.4 Å². The third-order valence-electron chi connectivity index (χ3n) is 2.30. The number of carboxylic acids is 1. The minimum Gasteiger partial charge on any atom is -0.478 e. The normalized spacial score (nSPS) is 10.3. The van der Waals surface area contributed by atoms with Gasteiger partial charge in [-0.25, -0.2) is 4.79 Å². The van der Waals surface area contributed by atoms with E-state index in [1.54, 1.807) is 18.2 Å². The summed E-state index contributed by atoms with van der Waals surface area (Å²) >= 11 is 17.6. The summed E-state index contributed by atoms with van der Waals surface area (Å²) in [5.41, 5.74) is 0.0893. The third kappa shape index (κ3) is 3.32. The standard InChI is InChI=1S/C13H7Cl3O3/c14-9-3-2-8(6-10(9)15)19-12-4-1-7(13(17)18)5-11(12)16/h1-6H,(H,17,18). The van der Waals surface area contributed by atoms with Gasteiger partial charge in [-0.05, 0) is 30.3 Å². The van der Waals surface area contributed by atoms with Crippen LogP contribution in [-0.2, 0) is 0 Å². The summed E-state index contributed by atoms with van der Waals surface area (Å²) in [4.78, 5) is 10.8. The average Bonchev–Trinajstić information content (AvgIpc) is 2.36. The summed E-state index contributed by atoms with van der Waals surface area (Å²) in [5, 5.41) is 9.80. The van der Waals surface area contributed by atoms with E-state index in [4.69, 9.17) is 44.6 Å². The first-order chi connectivity index (χ1) is 8.97. The zero-order valence-electron chi connectivity index (χ0n) is 9.36. The van der Waals surface area contributed by atoms with Gasteiger partial charge in [0.15, 0.2) is 0 Å². The minimum atomic E-state index is -1.05. The molecule has 2 aromatic rings. The molecule has 6 heteroatoms. The first kappa shape index (κ1) is 14.0. The fourth-order valence-electron chi connectivity index (χ4n) is 1.38. The van der Waals surface area contributed by atoms with Gasteiger partial charge in [-0.15, -0.1) is 0 Å². The van der Waals surface area contributed by atoms with Crippen LogP contribution in [0.25, 0.3) is 0 Å². The molecular weight excluding hydrogens is 310 g/mol. The highest BCUT2D eigenvalue weighted by Crippen LogP contribution is 2.33. The van der Waals surface area contributed by atoms with Crippen LogP contribution in [0, 0.1) is 0 Å². The van der Waals surface area contributed by atoms with E-state index in [1.807, 2.05) is 0 Å². The first-order valence-corrected chi connectivity index (χ1v) is 6.26. The summed E-state index contributed by atoms with van der Waals surface area (Å²) in [6.07, 6.45) is 0. The lowest BCUT2D eigenvalue weighted by Crippen LogP contribution is -1.96. The van der Waals surface area contributed by atoms with Crippen LogP contribution >= 0.6 is 34.8 Å². The molecule has 0 heterocycles. The van der Waals surface area contributed by atoms with Crippen LogP contribution in [0.3, 0.4) is 0 Å². The SMILES string of the molecule is O=C(O)c1ccc(Oc2ccc(Cl)c(Cl)c2)c(Cl)c1. The molecule has 0 aliphatic carbocycles. The topological polar surface area (TPSA) is 46.5 Å². The smallest absolute Gasteiger partial charge is 0.335 e. The van der Waals surface area contributed by atoms with Crippen molar-refractivity contribution in [2.24, 2.45) is 0 Å². The molecule has 1 N–H and O–H groups in total. The lowest BCUT2D eigenvalue weighted by Gasteiger charge is -2.08. The van der Waals surface area contributed by atoms with Crippen molar-refractivity contribution in [1.29, 1.82) is 0 Å². The molecule has 98 valence electrons. The monoisotopic (exact) mass is 316 g/mol. The second-order valence-corrected chi connectivity index (χ2v) is 4.85. The average molecular weight is 318 g/mol. The maximum atomic E-state index is 10.8. The van der Waals surface area contributed by atoms with E-state index in [9.17, 15) is 4.79 Å². The molecule has 0 atom stereocenters. The second-order valence-electron chi connectivity index (χ2n) is 3.63. The van der Waals surface area contributed by atoms with Crippen molar-refractivity contribution in [2.45, 2.75) is 0 Å². The molecule has 0 aromatic heterocycles. The lowest BCUT2D eigenvalue weighted by molar-refractivity contribution is 0.0697. The number of carbonyl (C=O) groups is 1. The van der Waals surface area contributed by atoms with Gasteiger partial charge in [-0.2, -0.15) is 0 Å². The van der Waals surface area contributed by atoms with Crippen LogP contribution < -0.4 is 4.74 Å². The molecule has 0 fully saturated rings. The Morgan fingerprint density at radius 1 is 0.947 bits per heavy atom. The number of halogens is 3. The van der Waals surface area contributed by atoms with Gasteiger partial charge >= 0.3 is 5.97 Å². The Bertz CT molecular complexity index is 641. The predicted molar refractivity (Wildman–Crippen MR) is 74.9 cm³/mol. The Morgan fingerprint density at radius 2 is 1.68 bits per heavy atom. The Morgan fingerprint density at radius 3 is 2.26 bits per heavy atom. The van der Waals surface area contributed by atoms with Gasteiger partial charge in [0.25, 0.3) is 0 Å². The first-order valence-electron chi connectivity index (χ1n) is 5.13. The van der Waals surface area contributed by atoms with Crippen LogP contribution in [0.15, 0.2) is 36.4 Å². The molecule has 2 rings (SSSR count). The van der Waals surface area contributed by atoms with E-state index in [0.29, 0.717) is 21.5 Å². The summed E-state index contributed by atoms with van der Waals surface area (Å²) in [6.45, 7) is 0. The Labute approximate surface area is 124 Å². The number of hydrogen-bond donors (Lipinski definition) is 1. The lowest BCUT2D eigenvalue weighted by atomic mass is 10.2. The Kier molecular flexibility index (Phi) is 4.20.